The summed E-state index contributed by atoms with van der Waals surface area (Å²) in [5.74, 6) is -3.80. The molecule has 0 bridgehead atoms. The van der Waals surface area contributed by atoms with Gasteiger partial charge in [0.1, 0.15) is 16.5 Å². The molecule has 2 heterocycles. The summed E-state index contributed by atoms with van der Waals surface area (Å²) in [5, 5.41) is 6.28. The number of fused-ring (bicyclic) bond motifs is 1. The first-order valence-corrected chi connectivity index (χ1v) is 8.54. The highest BCUT2D eigenvalue weighted by atomic mass is 35.5. The lowest BCUT2D eigenvalue weighted by molar-refractivity contribution is -0.00304. The van der Waals surface area contributed by atoms with Crippen LogP contribution in [0.2, 0.25) is 5.15 Å². The second-order valence-corrected chi connectivity index (χ2v) is 6.79. The summed E-state index contributed by atoms with van der Waals surface area (Å²) in [6.07, 6.45) is 1.37. The number of rotatable bonds is 5. The summed E-state index contributed by atoms with van der Waals surface area (Å²) in [5.41, 5.74) is 0.449. The molecular weight excluding hydrogens is 373 g/mol. The van der Waals surface area contributed by atoms with E-state index in [1.807, 2.05) is 0 Å². The molecule has 6 nitrogen and oxygen atoms in total. The standard InChI is InChI=1S/C16H18ClF3N4O2/c1-16(20,15(18)19)23-13-10(8-5-3-4-6-8)11(17)22-12-9(14(25)26-2)7-21-24(12)13/h7-8,15,23H,3-6H2,1-2H3/t16-/m1/s1. The van der Waals surface area contributed by atoms with Crippen molar-refractivity contribution in [2.45, 2.75) is 50.7 Å². The normalized spacial score (nSPS) is 17.7. The molecular formula is C16H18ClF3N4O2. The highest BCUT2D eigenvalue weighted by Gasteiger charge is 2.38. The number of carbonyl (C=O) groups excluding carboxylic acids is 1. The van der Waals surface area contributed by atoms with Crippen LogP contribution in [0.3, 0.4) is 0 Å². The predicted octanol–water partition coefficient (Wildman–Crippen LogP) is 4.19. The molecule has 2 aromatic rings. The molecule has 0 amide bonds. The van der Waals surface area contributed by atoms with Crippen LogP contribution in [0.4, 0.5) is 19.0 Å². The zero-order valence-electron chi connectivity index (χ0n) is 14.2. The Kier molecular flexibility index (Phi) is 5.01. The van der Waals surface area contributed by atoms with Crippen molar-refractivity contribution in [3.8, 4) is 0 Å². The molecule has 1 fully saturated rings. The van der Waals surface area contributed by atoms with E-state index in [1.54, 1.807) is 0 Å². The maximum absolute atomic E-state index is 14.4. The maximum atomic E-state index is 14.4. The second-order valence-electron chi connectivity index (χ2n) is 6.43. The van der Waals surface area contributed by atoms with Crippen molar-refractivity contribution < 1.29 is 22.7 Å². The Bertz CT molecular complexity index is 834. The topological polar surface area (TPSA) is 68.5 Å². The Hall–Kier alpha value is -2.03. The van der Waals surface area contributed by atoms with Gasteiger partial charge in [-0.2, -0.15) is 9.61 Å². The largest absolute Gasteiger partial charge is 0.465 e. The van der Waals surface area contributed by atoms with E-state index in [4.69, 9.17) is 11.6 Å². The lowest BCUT2D eigenvalue weighted by Crippen LogP contribution is -2.38. The lowest BCUT2D eigenvalue weighted by atomic mass is 9.99. The van der Waals surface area contributed by atoms with Gasteiger partial charge in [-0.05, 0) is 25.7 Å². The highest BCUT2D eigenvalue weighted by molar-refractivity contribution is 6.30. The van der Waals surface area contributed by atoms with Crippen molar-refractivity contribution >= 4 is 29.0 Å². The summed E-state index contributed by atoms with van der Waals surface area (Å²) < 4.78 is 46.4. The molecule has 142 valence electrons. The van der Waals surface area contributed by atoms with Gasteiger partial charge in [0, 0.05) is 5.56 Å². The zero-order valence-corrected chi connectivity index (χ0v) is 15.0. The Morgan fingerprint density at radius 3 is 2.69 bits per heavy atom. The summed E-state index contributed by atoms with van der Waals surface area (Å²) >= 11 is 6.32. The molecule has 1 aliphatic carbocycles. The molecule has 0 radical (unpaired) electrons. The van der Waals surface area contributed by atoms with E-state index in [-0.39, 0.29) is 28.1 Å². The van der Waals surface area contributed by atoms with E-state index in [0.717, 1.165) is 37.1 Å². The third-order valence-electron chi connectivity index (χ3n) is 4.58. The number of nitrogens with one attached hydrogen (secondary N) is 1. The number of halogens is 4. The lowest BCUT2D eigenvalue weighted by Gasteiger charge is -2.26. The van der Waals surface area contributed by atoms with Gasteiger partial charge in [-0.3, -0.25) is 0 Å². The van der Waals surface area contributed by atoms with Gasteiger partial charge in [-0.25, -0.2) is 22.9 Å². The molecule has 1 aliphatic rings. The molecule has 0 aromatic carbocycles. The van der Waals surface area contributed by atoms with Gasteiger partial charge in [-0.15, -0.1) is 0 Å². The van der Waals surface area contributed by atoms with Gasteiger partial charge in [0.15, 0.2) is 5.65 Å². The molecule has 10 heteroatoms. The van der Waals surface area contributed by atoms with Crippen molar-refractivity contribution in [2.75, 3.05) is 12.4 Å². The third-order valence-corrected chi connectivity index (χ3v) is 4.87. The van der Waals surface area contributed by atoms with Crippen LogP contribution in [0.15, 0.2) is 6.20 Å². The van der Waals surface area contributed by atoms with Gasteiger partial charge < -0.3 is 10.1 Å². The van der Waals surface area contributed by atoms with Crippen molar-refractivity contribution in [3.63, 3.8) is 0 Å². The SMILES string of the molecule is COC(=O)c1cnn2c(N[C@@](C)(F)C(F)F)c(C3CCCC3)c(Cl)nc12. The fraction of sp³-hybridized carbons (Fsp3) is 0.562. The van der Waals surface area contributed by atoms with Crippen LogP contribution in [0.25, 0.3) is 5.65 Å². The maximum Gasteiger partial charge on any atom is 0.343 e. The Labute approximate surface area is 152 Å². The van der Waals surface area contributed by atoms with Crippen molar-refractivity contribution in [2.24, 2.45) is 0 Å². The second kappa shape index (κ2) is 6.94. The minimum absolute atomic E-state index is 0.00744. The van der Waals surface area contributed by atoms with E-state index >= 15 is 0 Å². The van der Waals surface area contributed by atoms with Gasteiger partial charge >= 0.3 is 5.97 Å². The average Bonchev–Trinajstić information content (AvgIpc) is 3.23. The smallest absolute Gasteiger partial charge is 0.343 e. The first-order chi connectivity index (χ1) is 12.3. The molecule has 0 spiro atoms. The number of alkyl halides is 3. The molecule has 0 saturated heterocycles. The monoisotopic (exact) mass is 390 g/mol. The van der Waals surface area contributed by atoms with Crippen LogP contribution < -0.4 is 5.32 Å². The highest BCUT2D eigenvalue weighted by Crippen LogP contribution is 2.42. The number of hydrogen-bond donors (Lipinski definition) is 1. The Morgan fingerprint density at radius 2 is 2.12 bits per heavy atom. The Morgan fingerprint density at radius 1 is 1.46 bits per heavy atom. The fourth-order valence-corrected chi connectivity index (χ4v) is 3.54. The third kappa shape index (κ3) is 3.20. The van der Waals surface area contributed by atoms with Crippen molar-refractivity contribution in [3.05, 3.63) is 22.5 Å². The van der Waals surface area contributed by atoms with Crippen LogP contribution in [-0.2, 0) is 4.74 Å². The number of ether oxygens (including phenoxy) is 1. The predicted molar refractivity (Wildman–Crippen MR) is 89.7 cm³/mol. The number of esters is 1. The summed E-state index contributed by atoms with van der Waals surface area (Å²) in [7, 11) is 1.19. The minimum atomic E-state index is -3.28. The van der Waals surface area contributed by atoms with Gasteiger partial charge in [-0.1, -0.05) is 24.4 Å². The zero-order chi connectivity index (χ0) is 19.1. The molecule has 0 aliphatic heterocycles. The molecule has 1 atom stereocenters. The molecule has 1 N–H and O–H groups in total. The first-order valence-electron chi connectivity index (χ1n) is 8.17. The summed E-state index contributed by atoms with van der Waals surface area (Å²) in [4.78, 5) is 16.1. The Balaban J connectivity index is 2.23. The van der Waals surface area contributed by atoms with E-state index < -0.39 is 18.2 Å². The number of nitrogens with zero attached hydrogens (tertiary/aromatic N) is 3. The number of methoxy groups -OCH3 is 1. The van der Waals surface area contributed by atoms with Crippen LogP contribution in [0.1, 0.15) is 54.4 Å². The quantitative estimate of drug-likeness (QED) is 0.471. The molecule has 3 rings (SSSR count). The van der Waals surface area contributed by atoms with Crippen molar-refractivity contribution in [1.82, 2.24) is 14.6 Å². The minimum Gasteiger partial charge on any atom is -0.465 e. The average molecular weight is 391 g/mol. The summed E-state index contributed by atoms with van der Waals surface area (Å²) in [6.45, 7) is 0.737. The summed E-state index contributed by atoms with van der Waals surface area (Å²) in [6, 6.07) is 0. The van der Waals surface area contributed by atoms with Crippen LogP contribution in [0.5, 0.6) is 0 Å². The van der Waals surface area contributed by atoms with Crippen LogP contribution in [0, 0.1) is 0 Å². The number of carbonyl (C=O) groups is 1. The van der Waals surface area contributed by atoms with Crippen LogP contribution in [-0.4, -0.2) is 39.9 Å². The number of anilines is 1. The molecule has 1 saturated carbocycles. The first kappa shape index (κ1) is 18.8. The van der Waals surface area contributed by atoms with Gasteiger partial charge in [0.2, 0.25) is 5.79 Å². The van der Waals surface area contributed by atoms with Gasteiger partial charge in [0.05, 0.1) is 13.3 Å². The number of hydrogen-bond acceptors (Lipinski definition) is 5. The van der Waals surface area contributed by atoms with Crippen LogP contribution >= 0.6 is 11.6 Å². The van der Waals surface area contributed by atoms with E-state index in [9.17, 15) is 18.0 Å². The fourth-order valence-electron chi connectivity index (χ4n) is 3.21. The molecule has 0 unspecified atom stereocenters. The van der Waals surface area contributed by atoms with Crippen molar-refractivity contribution in [1.29, 1.82) is 0 Å². The van der Waals surface area contributed by atoms with Gasteiger partial charge in [0.25, 0.3) is 6.43 Å². The molecule has 2 aromatic heterocycles. The van der Waals surface area contributed by atoms with E-state index in [0.29, 0.717) is 5.56 Å². The van der Waals surface area contributed by atoms with E-state index in [2.05, 4.69) is 20.1 Å². The molecule has 26 heavy (non-hydrogen) atoms. The van der Waals surface area contributed by atoms with E-state index in [1.165, 1.54) is 13.3 Å². The number of aromatic nitrogens is 3.